The number of urea groups is 1. The molecule has 1 aromatic rings. The highest BCUT2D eigenvalue weighted by molar-refractivity contribution is 9.10. The Morgan fingerprint density at radius 1 is 1.58 bits per heavy atom. The molecule has 106 valence electrons. The van der Waals surface area contributed by atoms with Crippen molar-refractivity contribution in [2.45, 2.75) is 38.3 Å². The number of carbonyl (C=O) groups is 1. The Hall–Kier alpha value is -0.590. The maximum atomic E-state index is 12.2. The number of hydrogen-bond donors (Lipinski definition) is 2. The highest BCUT2D eigenvalue weighted by atomic mass is 79.9. The summed E-state index contributed by atoms with van der Waals surface area (Å²) in [6.45, 7) is 1.49. The van der Waals surface area contributed by atoms with Crippen LogP contribution in [0, 0.1) is 0 Å². The number of nitrogens with zero attached hydrogens (tertiary/aromatic N) is 1. The van der Waals surface area contributed by atoms with Crippen LogP contribution in [0.3, 0.4) is 0 Å². The van der Waals surface area contributed by atoms with Crippen LogP contribution in [0.4, 0.5) is 4.79 Å². The van der Waals surface area contributed by atoms with Crippen molar-refractivity contribution in [2.75, 3.05) is 13.2 Å². The molecule has 0 bridgehead atoms. The lowest BCUT2D eigenvalue weighted by Crippen LogP contribution is -2.48. The third-order valence-electron chi connectivity index (χ3n) is 3.44. The topological polar surface area (TPSA) is 52.6 Å². The van der Waals surface area contributed by atoms with E-state index in [1.165, 1.54) is 0 Å². The van der Waals surface area contributed by atoms with Crippen molar-refractivity contribution in [1.29, 1.82) is 0 Å². The summed E-state index contributed by atoms with van der Waals surface area (Å²) in [4.78, 5) is 15.2. The Morgan fingerprint density at radius 2 is 2.42 bits per heavy atom. The Kier molecular flexibility index (Phi) is 5.66. The normalized spacial score (nSPS) is 19.5. The van der Waals surface area contributed by atoms with E-state index in [4.69, 9.17) is 5.11 Å². The predicted molar refractivity (Wildman–Crippen MR) is 80.3 cm³/mol. The fraction of sp³-hybridized carbons (Fsp3) is 0.615. The summed E-state index contributed by atoms with van der Waals surface area (Å²) in [5.74, 6) is 0. The van der Waals surface area contributed by atoms with Crippen molar-refractivity contribution in [1.82, 2.24) is 10.2 Å². The first-order valence-electron chi connectivity index (χ1n) is 6.59. The summed E-state index contributed by atoms with van der Waals surface area (Å²) < 4.78 is 1.04. The van der Waals surface area contributed by atoms with Gasteiger partial charge in [-0.3, -0.25) is 0 Å². The monoisotopic (exact) mass is 346 g/mol. The van der Waals surface area contributed by atoms with Crippen LogP contribution in [0.1, 0.15) is 30.6 Å². The maximum Gasteiger partial charge on any atom is 0.317 e. The molecule has 2 amide bonds. The fourth-order valence-electron chi connectivity index (χ4n) is 2.43. The third kappa shape index (κ3) is 3.94. The van der Waals surface area contributed by atoms with Gasteiger partial charge in [0.25, 0.3) is 0 Å². The van der Waals surface area contributed by atoms with Gasteiger partial charge in [0.1, 0.15) is 0 Å². The van der Waals surface area contributed by atoms with Gasteiger partial charge >= 0.3 is 6.03 Å². The van der Waals surface area contributed by atoms with Crippen LogP contribution in [-0.4, -0.2) is 35.2 Å². The lowest BCUT2D eigenvalue weighted by Gasteiger charge is -2.35. The van der Waals surface area contributed by atoms with Crippen molar-refractivity contribution < 1.29 is 9.90 Å². The smallest absolute Gasteiger partial charge is 0.317 e. The first-order valence-corrected chi connectivity index (χ1v) is 8.27. The largest absolute Gasteiger partial charge is 0.396 e. The van der Waals surface area contributed by atoms with Gasteiger partial charge in [0.2, 0.25) is 0 Å². The molecular formula is C13H19BrN2O2S. The minimum Gasteiger partial charge on any atom is -0.396 e. The molecule has 19 heavy (non-hydrogen) atoms. The van der Waals surface area contributed by atoms with Gasteiger partial charge in [-0.1, -0.05) is 0 Å². The highest BCUT2D eigenvalue weighted by Crippen LogP contribution is 2.23. The molecule has 1 saturated heterocycles. The summed E-state index contributed by atoms with van der Waals surface area (Å²) in [6.07, 6.45) is 3.87. The second-order valence-electron chi connectivity index (χ2n) is 4.71. The zero-order valence-electron chi connectivity index (χ0n) is 10.8. The van der Waals surface area contributed by atoms with Gasteiger partial charge in [-0.25, -0.2) is 4.79 Å². The number of piperidine rings is 1. The van der Waals surface area contributed by atoms with Crippen molar-refractivity contribution in [3.05, 3.63) is 20.8 Å². The zero-order valence-corrected chi connectivity index (χ0v) is 13.2. The molecule has 0 spiro atoms. The van der Waals surface area contributed by atoms with E-state index in [1.807, 2.05) is 16.3 Å². The third-order valence-corrected chi connectivity index (χ3v) is 5.37. The number of amides is 2. The fourth-order valence-corrected chi connectivity index (χ4v) is 3.86. The molecule has 2 N–H and O–H groups in total. The Bertz CT molecular complexity index is 423. The average Bonchev–Trinajstić information content (AvgIpc) is 2.82. The van der Waals surface area contributed by atoms with Crippen LogP contribution in [0.5, 0.6) is 0 Å². The Morgan fingerprint density at radius 3 is 3.11 bits per heavy atom. The first kappa shape index (κ1) is 14.8. The number of nitrogens with one attached hydrogen (secondary N) is 1. The Balaban J connectivity index is 1.89. The molecule has 1 aromatic heterocycles. The van der Waals surface area contributed by atoms with Gasteiger partial charge in [-0.05, 0) is 53.1 Å². The predicted octanol–water partition coefficient (Wildman–Crippen LogP) is 2.96. The summed E-state index contributed by atoms with van der Waals surface area (Å²) in [5, 5.41) is 14.0. The minimum absolute atomic E-state index is 0.0153. The van der Waals surface area contributed by atoms with E-state index in [0.29, 0.717) is 13.0 Å². The number of carbonyl (C=O) groups excluding carboxylic acids is 1. The quantitative estimate of drug-likeness (QED) is 0.880. The zero-order chi connectivity index (χ0) is 13.7. The van der Waals surface area contributed by atoms with E-state index in [0.717, 1.165) is 35.2 Å². The number of aliphatic hydroxyl groups excluding tert-OH is 1. The van der Waals surface area contributed by atoms with E-state index >= 15 is 0 Å². The van der Waals surface area contributed by atoms with Crippen LogP contribution < -0.4 is 5.32 Å². The summed E-state index contributed by atoms with van der Waals surface area (Å²) >= 11 is 5.09. The van der Waals surface area contributed by atoms with E-state index in [2.05, 4.69) is 21.2 Å². The maximum absolute atomic E-state index is 12.2. The van der Waals surface area contributed by atoms with Crippen molar-refractivity contribution in [2.24, 2.45) is 0 Å². The summed E-state index contributed by atoms with van der Waals surface area (Å²) in [6, 6.07) is 2.16. The van der Waals surface area contributed by atoms with Gasteiger partial charge in [0.05, 0.1) is 6.54 Å². The second kappa shape index (κ2) is 7.26. The van der Waals surface area contributed by atoms with Gasteiger partial charge in [0.15, 0.2) is 0 Å². The summed E-state index contributed by atoms with van der Waals surface area (Å²) in [5.41, 5.74) is 0. The molecule has 4 nitrogen and oxygen atoms in total. The molecule has 6 heteroatoms. The molecule has 2 rings (SSSR count). The van der Waals surface area contributed by atoms with E-state index in [1.54, 1.807) is 11.3 Å². The first-order chi connectivity index (χ1) is 9.22. The van der Waals surface area contributed by atoms with E-state index in [9.17, 15) is 4.79 Å². The molecule has 0 radical (unpaired) electrons. The lowest BCUT2D eigenvalue weighted by atomic mass is 10.0. The van der Waals surface area contributed by atoms with Gasteiger partial charge in [-0.2, -0.15) is 0 Å². The molecular weight excluding hydrogens is 328 g/mol. The highest BCUT2D eigenvalue weighted by Gasteiger charge is 2.26. The van der Waals surface area contributed by atoms with Crippen LogP contribution in [0.25, 0.3) is 0 Å². The number of halogens is 1. The molecule has 0 saturated carbocycles. The van der Waals surface area contributed by atoms with E-state index < -0.39 is 0 Å². The molecule has 1 atom stereocenters. The number of aliphatic hydroxyl groups is 1. The molecule has 1 aliphatic heterocycles. The van der Waals surface area contributed by atoms with Crippen molar-refractivity contribution in [3.8, 4) is 0 Å². The standard InChI is InChI=1S/C13H19BrN2O2S/c14-11-5-8-19-12(11)9-15-13(18)16-6-2-1-3-10(16)4-7-17/h5,8,10,17H,1-4,6-7,9H2,(H,15,18). The molecule has 1 aliphatic rings. The van der Waals surface area contributed by atoms with Gasteiger partial charge in [0, 0.05) is 28.5 Å². The number of likely N-dealkylation sites (tertiary alicyclic amines) is 1. The molecule has 2 heterocycles. The molecule has 1 fully saturated rings. The average molecular weight is 347 g/mol. The van der Waals surface area contributed by atoms with E-state index in [-0.39, 0.29) is 18.7 Å². The molecule has 0 aliphatic carbocycles. The van der Waals surface area contributed by atoms with Crippen LogP contribution in [0.15, 0.2) is 15.9 Å². The lowest BCUT2D eigenvalue weighted by molar-refractivity contribution is 0.131. The van der Waals surface area contributed by atoms with Gasteiger partial charge in [-0.15, -0.1) is 11.3 Å². The van der Waals surface area contributed by atoms with Crippen LogP contribution in [0.2, 0.25) is 0 Å². The van der Waals surface area contributed by atoms with Crippen LogP contribution in [-0.2, 0) is 6.54 Å². The number of hydrogen-bond acceptors (Lipinski definition) is 3. The summed E-state index contributed by atoms with van der Waals surface area (Å²) in [7, 11) is 0. The molecule has 0 aromatic carbocycles. The second-order valence-corrected chi connectivity index (χ2v) is 6.56. The minimum atomic E-state index is -0.0153. The number of rotatable bonds is 4. The van der Waals surface area contributed by atoms with Gasteiger partial charge < -0.3 is 15.3 Å². The van der Waals surface area contributed by atoms with Crippen molar-refractivity contribution >= 4 is 33.3 Å². The van der Waals surface area contributed by atoms with Crippen LogP contribution >= 0.6 is 27.3 Å². The number of thiophene rings is 1. The van der Waals surface area contributed by atoms with Crippen molar-refractivity contribution in [3.63, 3.8) is 0 Å². The molecule has 1 unspecified atom stereocenters. The SMILES string of the molecule is O=C(NCc1sccc1Br)N1CCCCC1CCO. The Labute approximate surface area is 125 Å².